The first kappa shape index (κ1) is 23.2. The number of rotatable bonds is 10. The Balaban J connectivity index is 2.01. The van der Waals surface area contributed by atoms with Crippen molar-refractivity contribution in [2.24, 2.45) is 10.8 Å². The van der Waals surface area contributed by atoms with Crippen LogP contribution in [-0.4, -0.2) is 37.8 Å². The van der Waals surface area contributed by atoms with Crippen molar-refractivity contribution in [2.45, 2.75) is 20.8 Å². The molecule has 0 unspecified atom stereocenters. The van der Waals surface area contributed by atoms with Crippen molar-refractivity contribution >= 4 is 34.0 Å². The zero-order chi connectivity index (χ0) is 22.1. The van der Waals surface area contributed by atoms with Gasteiger partial charge >= 0.3 is 0 Å². The molecule has 160 valence electrons. The van der Waals surface area contributed by atoms with Crippen LogP contribution < -0.4 is 25.4 Å². The van der Waals surface area contributed by atoms with Gasteiger partial charge in [0.1, 0.15) is 5.75 Å². The van der Waals surface area contributed by atoms with E-state index in [1.807, 2.05) is 39.0 Å². The molecule has 0 aliphatic heterocycles. The summed E-state index contributed by atoms with van der Waals surface area (Å²) < 4.78 is 17.1. The molecule has 2 aromatic carbocycles. The molecule has 0 spiro atoms. The Labute approximate surface area is 183 Å². The zero-order valence-electron chi connectivity index (χ0n) is 17.0. The third-order valence-electron chi connectivity index (χ3n) is 3.85. The van der Waals surface area contributed by atoms with E-state index in [-0.39, 0.29) is 19.1 Å². The Bertz CT molecular complexity index is 926. The van der Waals surface area contributed by atoms with Gasteiger partial charge < -0.3 is 19.9 Å². The third kappa shape index (κ3) is 6.77. The summed E-state index contributed by atoms with van der Waals surface area (Å²) >= 11 is 3.38. The number of benzene rings is 2. The minimum absolute atomic E-state index is 0.156. The van der Waals surface area contributed by atoms with Crippen LogP contribution in [0.25, 0.3) is 0 Å². The van der Waals surface area contributed by atoms with Gasteiger partial charge in [0, 0.05) is 0 Å². The molecular formula is C21H24BrN3O5. The number of para-hydroxylation sites is 1. The number of carbonyl (C=O) groups is 2. The van der Waals surface area contributed by atoms with Crippen LogP contribution in [0.15, 0.2) is 39.9 Å². The number of hydrogen-bond donors (Lipinski definition) is 2. The van der Waals surface area contributed by atoms with E-state index < -0.39 is 5.91 Å². The second-order valence-corrected chi connectivity index (χ2v) is 7.18. The van der Waals surface area contributed by atoms with Crippen LogP contribution in [0.2, 0.25) is 0 Å². The van der Waals surface area contributed by atoms with E-state index >= 15 is 0 Å². The first-order valence-corrected chi connectivity index (χ1v) is 9.99. The summed E-state index contributed by atoms with van der Waals surface area (Å²) in [7, 11) is 0. The van der Waals surface area contributed by atoms with Crippen LogP contribution in [-0.2, 0) is 9.59 Å². The number of carbonyl (C=O) groups excluding carboxylic acids is 2. The lowest BCUT2D eigenvalue weighted by Gasteiger charge is -2.13. The zero-order valence-corrected chi connectivity index (χ0v) is 18.6. The van der Waals surface area contributed by atoms with Crippen molar-refractivity contribution in [3.63, 3.8) is 0 Å². The van der Waals surface area contributed by atoms with Crippen LogP contribution >= 0.6 is 15.9 Å². The number of primary amides is 1. The molecule has 3 N–H and O–H groups in total. The molecule has 0 bridgehead atoms. The fourth-order valence-corrected chi connectivity index (χ4v) is 3.16. The average Bonchev–Trinajstić information content (AvgIpc) is 2.67. The monoisotopic (exact) mass is 477 g/mol. The van der Waals surface area contributed by atoms with Crippen LogP contribution in [0, 0.1) is 13.8 Å². The smallest absolute Gasteiger partial charge is 0.277 e. The van der Waals surface area contributed by atoms with Crippen molar-refractivity contribution in [3.8, 4) is 17.2 Å². The molecule has 30 heavy (non-hydrogen) atoms. The summed E-state index contributed by atoms with van der Waals surface area (Å²) in [6, 6.07) is 9.15. The molecule has 2 amide bonds. The minimum Gasteiger partial charge on any atom is -0.490 e. The topological polar surface area (TPSA) is 112 Å². The largest absolute Gasteiger partial charge is 0.490 e. The molecule has 0 radical (unpaired) electrons. The fourth-order valence-electron chi connectivity index (χ4n) is 2.58. The van der Waals surface area contributed by atoms with Crippen molar-refractivity contribution in [1.29, 1.82) is 0 Å². The average molecular weight is 478 g/mol. The second-order valence-electron chi connectivity index (χ2n) is 6.32. The van der Waals surface area contributed by atoms with Crippen molar-refractivity contribution < 1.29 is 23.8 Å². The highest BCUT2D eigenvalue weighted by Crippen LogP contribution is 2.36. The van der Waals surface area contributed by atoms with Gasteiger partial charge in [0.05, 0.1) is 17.3 Å². The molecule has 9 heteroatoms. The molecule has 0 aliphatic carbocycles. The Kier molecular flexibility index (Phi) is 8.67. The van der Waals surface area contributed by atoms with Crippen molar-refractivity contribution in [2.75, 3.05) is 19.8 Å². The van der Waals surface area contributed by atoms with Crippen LogP contribution in [0.4, 0.5) is 0 Å². The number of hydrazone groups is 1. The summed E-state index contributed by atoms with van der Waals surface area (Å²) in [6.45, 7) is 5.63. The van der Waals surface area contributed by atoms with E-state index in [2.05, 4.69) is 26.5 Å². The van der Waals surface area contributed by atoms with Gasteiger partial charge in [-0.25, -0.2) is 5.43 Å². The second kappa shape index (κ2) is 11.2. The van der Waals surface area contributed by atoms with Crippen LogP contribution in [0.3, 0.4) is 0 Å². The molecule has 0 heterocycles. The van der Waals surface area contributed by atoms with E-state index in [0.29, 0.717) is 33.9 Å². The molecule has 2 aromatic rings. The van der Waals surface area contributed by atoms with E-state index in [4.69, 9.17) is 19.9 Å². The maximum absolute atomic E-state index is 12.0. The highest BCUT2D eigenvalue weighted by atomic mass is 79.9. The lowest BCUT2D eigenvalue weighted by Crippen LogP contribution is -2.25. The normalized spacial score (nSPS) is 10.7. The highest BCUT2D eigenvalue weighted by molar-refractivity contribution is 9.10. The Morgan fingerprint density at radius 1 is 1.10 bits per heavy atom. The van der Waals surface area contributed by atoms with Crippen molar-refractivity contribution in [1.82, 2.24) is 5.43 Å². The summed E-state index contributed by atoms with van der Waals surface area (Å²) in [5.41, 5.74) is 10.1. The van der Waals surface area contributed by atoms with E-state index in [1.54, 1.807) is 12.1 Å². The van der Waals surface area contributed by atoms with Crippen molar-refractivity contribution in [3.05, 3.63) is 51.5 Å². The number of nitrogens with two attached hydrogens (primary N) is 1. The predicted molar refractivity (Wildman–Crippen MR) is 117 cm³/mol. The Morgan fingerprint density at radius 2 is 1.77 bits per heavy atom. The van der Waals surface area contributed by atoms with Gasteiger partial charge in [-0.05, 0) is 65.5 Å². The summed E-state index contributed by atoms with van der Waals surface area (Å²) in [6.07, 6.45) is 1.46. The maximum atomic E-state index is 12.0. The summed E-state index contributed by atoms with van der Waals surface area (Å²) in [4.78, 5) is 23.0. The van der Waals surface area contributed by atoms with Crippen LogP contribution in [0.5, 0.6) is 17.2 Å². The first-order chi connectivity index (χ1) is 14.3. The molecule has 0 fully saturated rings. The molecule has 2 rings (SSSR count). The molecule has 0 aromatic heterocycles. The van der Waals surface area contributed by atoms with Gasteiger partial charge in [0.2, 0.25) is 0 Å². The predicted octanol–water partition coefficient (Wildman–Crippen LogP) is 2.86. The molecule has 0 saturated carbocycles. The minimum atomic E-state index is -0.596. The quantitative estimate of drug-likeness (QED) is 0.403. The number of nitrogens with zero attached hydrogens (tertiary/aromatic N) is 1. The molecular weight excluding hydrogens is 454 g/mol. The van der Waals surface area contributed by atoms with E-state index in [1.165, 1.54) is 6.21 Å². The lowest BCUT2D eigenvalue weighted by molar-refractivity contribution is -0.123. The first-order valence-electron chi connectivity index (χ1n) is 9.20. The van der Waals surface area contributed by atoms with Gasteiger partial charge in [0.15, 0.2) is 24.7 Å². The Morgan fingerprint density at radius 3 is 2.40 bits per heavy atom. The van der Waals surface area contributed by atoms with E-state index in [0.717, 1.165) is 11.1 Å². The van der Waals surface area contributed by atoms with Gasteiger partial charge in [-0.2, -0.15) is 5.10 Å². The van der Waals surface area contributed by atoms with Crippen LogP contribution in [0.1, 0.15) is 23.6 Å². The standard InChI is InChI=1S/C21H24BrN3O5/c1-4-28-17-9-15(8-16(22)21(17)29-11-18(23)26)10-24-25-19(27)12-30-20-13(2)6-5-7-14(20)3/h5-10H,4,11-12H2,1-3H3,(H2,23,26)(H,25,27)/b24-10-. The molecule has 0 saturated heterocycles. The lowest BCUT2D eigenvalue weighted by atomic mass is 10.1. The van der Waals surface area contributed by atoms with Gasteiger partial charge in [-0.1, -0.05) is 18.2 Å². The van der Waals surface area contributed by atoms with E-state index in [9.17, 15) is 9.59 Å². The number of halogens is 1. The molecule has 8 nitrogen and oxygen atoms in total. The summed E-state index contributed by atoms with van der Waals surface area (Å²) in [5.74, 6) is 0.479. The fraction of sp³-hybridized carbons (Fsp3) is 0.286. The SMILES string of the molecule is CCOc1cc(/C=N\NC(=O)COc2c(C)cccc2C)cc(Br)c1OCC(N)=O. The summed E-state index contributed by atoms with van der Waals surface area (Å²) in [5, 5.41) is 3.95. The third-order valence-corrected chi connectivity index (χ3v) is 4.44. The van der Waals surface area contributed by atoms with Gasteiger partial charge in [0.25, 0.3) is 11.8 Å². The molecule has 0 aliphatic rings. The number of nitrogens with one attached hydrogen (secondary N) is 1. The number of ether oxygens (including phenoxy) is 3. The number of aryl methyl sites for hydroxylation is 2. The maximum Gasteiger partial charge on any atom is 0.277 e. The molecule has 0 atom stereocenters. The number of hydrogen-bond acceptors (Lipinski definition) is 6. The highest BCUT2D eigenvalue weighted by Gasteiger charge is 2.13. The van der Waals surface area contributed by atoms with Gasteiger partial charge in [-0.3, -0.25) is 9.59 Å². The van der Waals surface area contributed by atoms with Gasteiger partial charge in [-0.15, -0.1) is 0 Å². The number of amides is 2. The Hall–Kier alpha value is -3.07.